The van der Waals surface area contributed by atoms with Gasteiger partial charge in [-0.05, 0) is 66.2 Å². The summed E-state index contributed by atoms with van der Waals surface area (Å²) in [6.07, 6.45) is 0. The van der Waals surface area contributed by atoms with Crippen LogP contribution in [0.25, 0.3) is 0 Å². The van der Waals surface area contributed by atoms with E-state index < -0.39 is 21.4 Å². The van der Waals surface area contributed by atoms with E-state index in [1.807, 2.05) is 0 Å². The van der Waals surface area contributed by atoms with E-state index in [0.717, 1.165) is 6.07 Å². The lowest BCUT2D eigenvalue weighted by Crippen LogP contribution is -2.61. The van der Waals surface area contributed by atoms with Crippen LogP contribution in [-0.4, -0.2) is 40.1 Å². The van der Waals surface area contributed by atoms with Crippen molar-refractivity contribution in [3.8, 4) is 5.75 Å². The normalized spacial score (nSPS) is 16.6. The Morgan fingerprint density at radius 1 is 1.24 bits per heavy atom. The van der Waals surface area contributed by atoms with E-state index in [4.69, 9.17) is 4.74 Å². The number of halogens is 2. The topological polar surface area (TPSA) is 87.7 Å². The van der Waals surface area contributed by atoms with Gasteiger partial charge in [-0.1, -0.05) is 0 Å². The van der Waals surface area contributed by atoms with Crippen LogP contribution in [0.1, 0.15) is 13.8 Å². The number of carbonyl (C=O) groups excluding carboxylic acids is 1. The Bertz CT molecular complexity index is 1060. The fourth-order valence-corrected chi connectivity index (χ4v) is 4.35. The number of sulfonamides is 1. The number of benzene rings is 2. The van der Waals surface area contributed by atoms with E-state index in [-0.39, 0.29) is 26.7 Å². The largest absolute Gasteiger partial charge is 0.495 e. The Morgan fingerprint density at radius 2 is 1.97 bits per heavy atom. The highest BCUT2D eigenvalue weighted by atomic mass is 79.9. The molecule has 3 rings (SSSR count). The summed E-state index contributed by atoms with van der Waals surface area (Å²) in [5.74, 6) is -0.545. The summed E-state index contributed by atoms with van der Waals surface area (Å²) in [7, 11) is -2.67. The molecule has 7 nitrogen and oxygen atoms in total. The van der Waals surface area contributed by atoms with Crippen LogP contribution in [0.4, 0.5) is 15.8 Å². The van der Waals surface area contributed by atoms with Gasteiger partial charge >= 0.3 is 0 Å². The van der Waals surface area contributed by atoms with E-state index >= 15 is 0 Å². The summed E-state index contributed by atoms with van der Waals surface area (Å²) < 4.78 is 47.1. The monoisotopic (exact) mass is 485 g/mol. The molecule has 0 bridgehead atoms. The number of rotatable bonds is 5. The molecular weight excluding hydrogens is 465 g/mol. The molecule has 0 aliphatic carbocycles. The van der Waals surface area contributed by atoms with Gasteiger partial charge in [0, 0.05) is 18.8 Å². The Hall–Kier alpha value is -2.17. The molecule has 0 spiro atoms. The summed E-state index contributed by atoms with van der Waals surface area (Å²) in [5, 5.41) is 3.15. The average molecular weight is 486 g/mol. The highest BCUT2D eigenvalue weighted by Gasteiger charge is 2.36. The number of anilines is 2. The Balaban J connectivity index is 1.97. The molecule has 1 aliphatic rings. The van der Waals surface area contributed by atoms with Crippen molar-refractivity contribution in [2.24, 2.45) is 0 Å². The maximum absolute atomic E-state index is 13.8. The molecule has 1 amide bonds. The van der Waals surface area contributed by atoms with Gasteiger partial charge in [-0.3, -0.25) is 9.52 Å². The third-order valence-electron chi connectivity index (χ3n) is 4.62. The highest BCUT2D eigenvalue weighted by molar-refractivity contribution is 9.10. The van der Waals surface area contributed by atoms with Crippen molar-refractivity contribution < 1.29 is 22.3 Å². The molecule has 0 aromatic heterocycles. The van der Waals surface area contributed by atoms with Crippen LogP contribution in [0.3, 0.4) is 0 Å². The molecule has 10 heteroatoms. The molecule has 0 unspecified atom stereocenters. The number of methoxy groups -OCH3 is 1. The average Bonchev–Trinajstić information content (AvgIpc) is 2.65. The zero-order valence-electron chi connectivity index (χ0n) is 16.1. The van der Waals surface area contributed by atoms with Gasteiger partial charge in [-0.15, -0.1) is 0 Å². The summed E-state index contributed by atoms with van der Waals surface area (Å²) in [5.41, 5.74) is -0.0465. The maximum Gasteiger partial charge on any atom is 0.262 e. The van der Waals surface area contributed by atoms with Gasteiger partial charge in [0.25, 0.3) is 10.0 Å². The van der Waals surface area contributed by atoms with Crippen LogP contribution < -0.4 is 19.7 Å². The second kappa shape index (κ2) is 7.92. The lowest BCUT2D eigenvalue weighted by molar-refractivity contribution is -0.124. The number of nitrogens with zero attached hydrogens (tertiary/aromatic N) is 1. The number of ether oxygens (including phenoxy) is 1. The molecule has 0 saturated carbocycles. The third-order valence-corrected chi connectivity index (χ3v) is 6.63. The fourth-order valence-electron chi connectivity index (χ4n) is 3.03. The summed E-state index contributed by atoms with van der Waals surface area (Å²) >= 11 is 3.00. The van der Waals surface area contributed by atoms with Crippen LogP contribution in [0.5, 0.6) is 5.75 Å². The first-order valence-electron chi connectivity index (χ1n) is 8.78. The predicted molar refractivity (Wildman–Crippen MR) is 112 cm³/mol. The predicted octanol–water partition coefficient (Wildman–Crippen LogP) is 3.11. The van der Waals surface area contributed by atoms with Crippen molar-refractivity contribution in [2.75, 3.05) is 29.8 Å². The molecule has 1 fully saturated rings. The van der Waals surface area contributed by atoms with Gasteiger partial charge in [0.2, 0.25) is 5.91 Å². The maximum atomic E-state index is 13.8. The van der Waals surface area contributed by atoms with E-state index in [2.05, 4.69) is 26.0 Å². The summed E-state index contributed by atoms with van der Waals surface area (Å²) in [6.45, 7) is 4.62. The zero-order chi connectivity index (χ0) is 21.4. The first-order valence-corrected chi connectivity index (χ1v) is 11.1. The molecular formula is C19H21BrFN3O4S. The first kappa shape index (κ1) is 21.5. The Morgan fingerprint density at radius 3 is 2.62 bits per heavy atom. The van der Waals surface area contributed by atoms with Crippen molar-refractivity contribution in [2.45, 2.75) is 24.3 Å². The van der Waals surface area contributed by atoms with Gasteiger partial charge in [0.05, 0.1) is 27.7 Å². The molecule has 1 heterocycles. The van der Waals surface area contributed by atoms with E-state index in [0.29, 0.717) is 18.8 Å². The quantitative estimate of drug-likeness (QED) is 0.679. The molecule has 1 aliphatic heterocycles. The minimum atomic E-state index is -4.08. The molecule has 2 aromatic carbocycles. The van der Waals surface area contributed by atoms with Crippen molar-refractivity contribution >= 4 is 43.2 Å². The number of nitrogens with one attached hydrogen (secondary N) is 2. The van der Waals surface area contributed by atoms with Crippen LogP contribution in [-0.2, 0) is 14.8 Å². The van der Waals surface area contributed by atoms with Crippen molar-refractivity contribution in [1.82, 2.24) is 5.32 Å². The molecule has 2 N–H and O–H groups in total. The number of piperazine rings is 1. The third kappa shape index (κ3) is 4.39. The number of hydrogen-bond acceptors (Lipinski definition) is 5. The number of hydrogen-bond donors (Lipinski definition) is 2. The SMILES string of the molecule is COc1ccc(N2CCNC(C)(C)C2=O)cc1NS(=O)(=O)c1ccc(Br)c(F)c1. The smallest absolute Gasteiger partial charge is 0.262 e. The molecule has 156 valence electrons. The molecule has 2 aromatic rings. The Kier molecular flexibility index (Phi) is 5.88. The standard InChI is InChI=1S/C19H21BrFN3O4S/c1-19(2)18(25)24(9-8-22-19)12-4-7-17(28-3)16(10-12)23-29(26,27)13-5-6-14(20)15(21)11-13/h4-7,10-11,22-23H,8-9H2,1-3H3. The van der Waals surface area contributed by atoms with E-state index in [1.54, 1.807) is 30.9 Å². The lowest BCUT2D eigenvalue weighted by Gasteiger charge is -2.38. The van der Waals surface area contributed by atoms with Gasteiger partial charge in [-0.25, -0.2) is 12.8 Å². The highest BCUT2D eigenvalue weighted by Crippen LogP contribution is 2.33. The second-order valence-electron chi connectivity index (χ2n) is 7.07. The number of amides is 1. The van der Waals surface area contributed by atoms with Gasteiger partial charge in [-0.2, -0.15) is 0 Å². The van der Waals surface area contributed by atoms with Gasteiger partial charge in [0.15, 0.2) is 0 Å². The molecule has 0 radical (unpaired) electrons. The molecule has 29 heavy (non-hydrogen) atoms. The van der Waals surface area contributed by atoms with Gasteiger partial charge < -0.3 is 15.0 Å². The van der Waals surface area contributed by atoms with Crippen molar-refractivity contribution in [1.29, 1.82) is 0 Å². The molecule has 1 saturated heterocycles. The van der Waals surface area contributed by atoms with Crippen LogP contribution >= 0.6 is 15.9 Å². The zero-order valence-corrected chi connectivity index (χ0v) is 18.5. The van der Waals surface area contributed by atoms with Crippen LogP contribution in [0, 0.1) is 5.82 Å². The number of carbonyl (C=O) groups is 1. The minimum absolute atomic E-state index is 0.127. The molecule has 0 atom stereocenters. The van der Waals surface area contributed by atoms with Crippen LogP contribution in [0.15, 0.2) is 45.8 Å². The Labute approximate surface area is 177 Å². The van der Waals surface area contributed by atoms with Crippen molar-refractivity contribution in [3.63, 3.8) is 0 Å². The second-order valence-corrected chi connectivity index (χ2v) is 9.61. The summed E-state index contributed by atoms with van der Waals surface area (Å²) in [6, 6.07) is 8.33. The van der Waals surface area contributed by atoms with Crippen molar-refractivity contribution in [3.05, 3.63) is 46.7 Å². The fraction of sp³-hybridized carbons (Fsp3) is 0.316. The van der Waals surface area contributed by atoms with E-state index in [1.165, 1.54) is 25.3 Å². The van der Waals surface area contributed by atoms with Gasteiger partial charge in [0.1, 0.15) is 11.6 Å². The van der Waals surface area contributed by atoms with E-state index in [9.17, 15) is 17.6 Å². The first-order chi connectivity index (χ1) is 13.5. The minimum Gasteiger partial charge on any atom is -0.495 e. The van der Waals surface area contributed by atoms with Crippen LogP contribution in [0.2, 0.25) is 0 Å². The summed E-state index contributed by atoms with van der Waals surface area (Å²) in [4.78, 5) is 14.1. The lowest BCUT2D eigenvalue weighted by atomic mass is 10.00.